The first-order valence-electron chi connectivity index (χ1n) is 10.4. The van der Waals surface area contributed by atoms with Crippen LogP contribution in [0.2, 0.25) is 0 Å². The number of halogens is 1. The van der Waals surface area contributed by atoms with Crippen LogP contribution in [0.1, 0.15) is 28.4 Å². The maximum atomic E-state index is 13.2. The second-order valence-corrected chi connectivity index (χ2v) is 8.82. The number of benzene rings is 2. The molecule has 2 aromatic rings. The van der Waals surface area contributed by atoms with Gasteiger partial charge in [0, 0.05) is 50.3 Å². The fraction of sp³-hybridized carbons (Fsp3) is 0.435. The zero-order chi connectivity index (χ0) is 20.4. The first-order valence-corrected chi connectivity index (χ1v) is 11.2. The summed E-state index contributed by atoms with van der Waals surface area (Å²) in [6.45, 7) is 7.11. The van der Waals surface area contributed by atoms with Crippen molar-refractivity contribution in [1.82, 2.24) is 9.80 Å². The van der Waals surface area contributed by atoms with Crippen molar-refractivity contribution in [3.05, 3.63) is 63.6 Å². The monoisotopic (exact) mass is 457 g/mol. The van der Waals surface area contributed by atoms with Crippen LogP contribution in [0, 0.1) is 0 Å². The standard InChI is InChI=1S/C23H28BrN3O2/c1-2-26-11-12-27(23(29)21-8-7-19(24)13-22(21)26)16-20(28)15-25-10-9-17-5-3-4-6-18(17)14-25/h3-8,13,20,28H,2,9-12,14-16H2,1H3/t20-/m1/s1. The van der Waals surface area contributed by atoms with Gasteiger partial charge in [-0.15, -0.1) is 0 Å². The molecule has 1 N–H and O–H groups in total. The molecule has 0 aliphatic carbocycles. The Labute approximate surface area is 181 Å². The number of hydrogen-bond acceptors (Lipinski definition) is 4. The van der Waals surface area contributed by atoms with Crippen LogP contribution in [0.4, 0.5) is 5.69 Å². The molecular weight excluding hydrogens is 430 g/mol. The van der Waals surface area contributed by atoms with E-state index in [4.69, 9.17) is 0 Å². The lowest BCUT2D eigenvalue weighted by atomic mass is 10.00. The second kappa shape index (κ2) is 8.86. The SMILES string of the molecule is CCN1CCN(C[C@H](O)CN2CCc3ccccc3C2)C(=O)c2ccc(Br)cc21. The first kappa shape index (κ1) is 20.4. The third-order valence-corrected chi connectivity index (χ3v) is 6.44. The van der Waals surface area contributed by atoms with Crippen molar-refractivity contribution in [1.29, 1.82) is 0 Å². The molecule has 2 aromatic carbocycles. The van der Waals surface area contributed by atoms with Crippen LogP contribution in [-0.4, -0.2) is 66.2 Å². The third kappa shape index (κ3) is 4.49. The smallest absolute Gasteiger partial charge is 0.256 e. The van der Waals surface area contributed by atoms with E-state index >= 15 is 0 Å². The summed E-state index contributed by atoms with van der Waals surface area (Å²) in [7, 11) is 0. The molecule has 1 atom stereocenters. The minimum atomic E-state index is -0.559. The van der Waals surface area contributed by atoms with E-state index in [-0.39, 0.29) is 5.91 Å². The molecule has 0 fully saturated rings. The summed E-state index contributed by atoms with van der Waals surface area (Å²) in [6, 6.07) is 14.3. The molecule has 0 unspecified atom stereocenters. The maximum Gasteiger partial charge on any atom is 0.256 e. The number of likely N-dealkylation sites (N-methyl/N-ethyl adjacent to an activating group) is 1. The number of anilines is 1. The summed E-state index contributed by atoms with van der Waals surface area (Å²) in [5.41, 5.74) is 4.43. The average Bonchev–Trinajstić information content (AvgIpc) is 2.84. The molecule has 154 valence electrons. The Hall–Kier alpha value is -1.89. The number of carbonyl (C=O) groups is 1. The topological polar surface area (TPSA) is 47.0 Å². The van der Waals surface area contributed by atoms with E-state index < -0.39 is 6.10 Å². The Balaban J connectivity index is 1.42. The Morgan fingerprint density at radius 3 is 2.59 bits per heavy atom. The molecule has 0 bridgehead atoms. The molecule has 2 aliphatic heterocycles. The lowest BCUT2D eigenvalue weighted by Crippen LogP contribution is -2.45. The number of fused-ring (bicyclic) bond motifs is 2. The van der Waals surface area contributed by atoms with E-state index in [2.05, 4.69) is 56.9 Å². The Morgan fingerprint density at radius 1 is 1.03 bits per heavy atom. The van der Waals surface area contributed by atoms with Gasteiger partial charge in [-0.25, -0.2) is 0 Å². The van der Waals surface area contributed by atoms with Gasteiger partial charge in [0.25, 0.3) is 5.91 Å². The van der Waals surface area contributed by atoms with E-state index in [0.717, 1.165) is 42.8 Å². The van der Waals surface area contributed by atoms with Crippen molar-refractivity contribution in [3.8, 4) is 0 Å². The number of β-amino-alcohol motifs (C(OH)–C–C–N with tert-alkyl or cyclic N) is 1. The number of amides is 1. The minimum absolute atomic E-state index is 0.00601. The highest BCUT2D eigenvalue weighted by atomic mass is 79.9. The van der Waals surface area contributed by atoms with Crippen LogP contribution in [0.15, 0.2) is 46.9 Å². The van der Waals surface area contributed by atoms with Gasteiger partial charge in [0.15, 0.2) is 0 Å². The molecule has 2 aliphatic rings. The van der Waals surface area contributed by atoms with Gasteiger partial charge in [-0.3, -0.25) is 9.69 Å². The molecule has 0 aromatic heterocycles. The number of carbonyl (C=O) groups excluding carboxylic acids is 1. The van der Waals surface area contributed by atoms with E-state index in [1.54, 1.807) is 0 Å². The predicted octanol–water partition coefficient (Wildman–Crippen LogP) is 3.15. The van der Waals surface area contributed by atoms with Crippen LogP contribution in [0.5, 0.6) is 0 Å². The van der Waals surface area contributed by atoms with Gasteiger partial charge < -0.3 is 14.9 Å². The van der Waals surface area contributed by atoms with Gasteiger partial charge in [0.05, 0.1) is 17.4 Å². The van der Waals surface area contributed by atoms with Crippen LogP contribution in [-0.2, 0) is 13.0 Å². The molecule has 0 saturated carbocycles. The number of aliphatic hydroxyl groups is 1. The van der Waals surface area contributed by atoms with Crippen LogP contribution in [0.3, 0.4) is 0 Å². The summed E-state index contributed by atoms with van der Waals surface area (Å²) in [5, 5.41) is 10.8. The maximum absolute atomic E-state index is 13.2. The van der Waals surface area contributed by atoms with Crippen molar-refractivity contribution >= 4 is 27.5 Å². The van der Waals surface area contributed by atoms with Gasteiger partial charge in [-0.2, -0.15) is 0 Å². The first-order chi connectivity index (χ1) is 14.0. The van der Waals surface area contributed by atoms with Gasteiger partial charge in [-0.1, -0.05) is 40.2 Å². The predicted molar refractivity (Wildman–Crippen MR) is 119 cm³/mol. The number of aliphatic hydroxyl groups excluding tert-OH is 1. The zero-order valence-electron chi connectivity index (χ0n) is 16.9. The molecule has 0 spiro atoms. The van der Waals surface area contributed by atoms with E-state index in [1.807, 2.05) is 23.1 Å². The Kier molecular flexibility index (Phi) is 6.23. The average molecular weight is 458 g/mol. The lowest BCUT2D eigenvalue weighted by molar-refractivity contribution is 0.0521. The molecular formula is C23H28BrN3O2. The van der Waals surface area contributed by atoms with Crippen molar-refractivity contribution < 1.29 is 9.90 Å². The van der Waals surface area contributed by atoms with Gasteiger partial charge in [-0.05, 0) is 42.7 Å². The van der Waals surface area contributed by atoms with Gasteiger partial charge >= 0.3 is 0 Å². The fourth-order valence-corrected chi connectivity index (χ4v) is 4.75. The fourth-order valence-electron chi connectivity index (χ4n) is 4.40. The van der Waals surface area contributed by atoms with Crippen molar-refractivity contribution in [2.75, 3.05) is 44.2 Å². The highest BCUT2D eigenvalue weighted by Gasteiger charge is 2.28. The molecule has 4 rings (SSSR count). The molecule has 6 heteroatoms. The van der Waals surface area contributed by atoms with Crippen LogP contribution in [0.25, 0.3) is 0 Å². The Morgan fingerprint density at radius 2 is 1.79 bits per heavy atom. The molecule has 0 saturated heterocycles. The lowest BCUT2D eigenvalue weighted by Gasteiger charge is -2.32. The second-order valence-electron chi connectivity index (χ2n) is 7.90. The van der Waals surface area contributed by atoms with Gasteiger partial charge in [0.2, 0.25) is 0 Å². The third-order valence-electron chi connectivity index (χ3n) is 5.95. The summed E-state index contributed by atoms with van der Waals surface area (Å²) >= 11 is 3.52. The number of nitrogens with zero attached hydrogens (tertiary/aromatic N) is 3. The number of hydrogen-bond donors (Lipinski definition) is 1. The summed E-state index contributed by atoms with van der Waals surface area (Å²) < 4.78 is 0.973. The zero-order valence-corrected chi connectivity index (χ0v) is 18.4. The van der Waals surface area contributed by atoms with Crippen molar-refractivity contribution in [2.24, 2.45) is 0 Å². The highest BCUT2D eigenvalue weighted by molar-refractivity contribution is 9.10. The Bertz CT molecular complexity index is 888. The molecule has 1 amide bonds. The van der Waals surface area contributed by atoms with Gasteiger partial charge in [0.1, 0.15) is 0 Å². The molecule has 2 heterocycles. The highest BCUT2D eigenvalue weighted by Crippen LogP contribution is 2.28. The van der Waals surface area contributed by atoms with Crippen molar-refractivity contribution in [2.45, 2.75) is 26.0 Å². The number of rotatable bonds is 5. The minimum Gasteiger partial charge on any atom is -0.390 e. The molecule has 5 nitrogen and oxygen atoms in total. The van der Waals surface area contributed by atoms with Crippen LogP contribution < -0.4 is 4.90 Å². The van der Waals surface area contributed by atoms with E-state index in [9.17, 15) is 9.90 Å². The summed E-state index contributed by atoms with van der Waals surface area (Å²) in [6.07, 6.45) is 0.454. The normalized spacial score (nSPS) is 18.2. The molecule has 29 heavy (non-hydrogen) atoms. The van der Waals surface area contributed by atoms with Crippen LogP contribution >= 0.6 is 15.9 Å². The molecule has 0 radical (unpaired) electrons. The van der Waals surface area contributed by atoms with E-state index in [0.29, 0.717) is 25.2 Å². The summed E-state index contributed by atoms with van der Waals surface area (Å²) in [4.78, 5) is 19.5. The van der Waals surface area contributed by atoms with Crippen molar-refractivity contribution in [3.63, 3.8) is 0 Å². The quantitative estimate of drug-likeness (QED) is 0.748. The summed E-state index contributed by atoms with van der Waals surface area (Å²) in [5.74, 6) is 0.00601. The van der Waals surface area contributed by atoms with E-state index in [1.165, 1.54) is 11.1 Å². The largest absolute Gasteiger partial charge is 0.390 e.